The zero-order chi connectivity index (χ0) is 18.0. The van der Waals surface area contributed by atoms with Gasteiger partial charge in [-0.15, -0.1) is 0 Å². The van der Waals surface area contributed by atoms with Gasteiger partial charge in [0.25, 0.3) is 11.6 Å². The number of benzene rings is 2. The van der Waals surface area contributed by atoms with E-state index in [0.717, 1.165) is 5.39 Å². The predicted octanol–water partition coefficient (Wildman–Crippen LogP) is 4.12. The van der Waals surface area contributed by atoms with Crippen LogP contribution in [0.3, 0.4) is 0 Å². The van der Waals surface area contributed by atoms with E-state index >= 15 is 0 Å². The smallest absolute Gasteiger partial charge is 0.293 e. The van der Waals surface area contributed by atoms with Crippen LogP contribution in [-0.2, 0) is 0 Å². The summed E-state index contributed by atoms with van der Waals surface area (Å²) in [4.78, 5) is 22.5. The van der Waals surface area contributed by atoms with Gasteiger partial charge in [0.2, 0.25) is 0 Å². The molecule has 1 heterocycles. The van der Waals surface area contributed by atoms with E-state index in [-0.39, 0.29) is 27.3 Å². The van der Waals surface area contributed by atoms with Crippen LogP contribution in [0.5, 0.6) is 0 Å². The number of carbonyl (C=O) groups is 1. The van der Waals surface area contributed by atoms with Crippen LogP contribution in [0.15, 0.2) is 52.9 Å². The summed E-state index contributed by atoms with van der Waals surface area (Å²) in [5, 5.41) is 16.9. The molecule has 1 amide bonds. The van der Waals surface area contributed by atoms with Gasteiger partial charge < -0.3 is 9.73 Å². The highest BCUT2D eigenvalue weighted by Gasteiger charge is 2.15. The van der Waals surface area contributed by atoms with Crippen LogP contribution < -0.4 is 10.6 Å². The van der Waals surface area contributed by atoms with E-state index in [0.29, 0.717) is 5.58 Å². The molecular formula is C16H10ClN3O4S. The zero-order valence-corrected chi connectivity index (χ0v) is 14.1. The third-order valence-corrected chi connectivity index (χ3v) is 3.82. The van der Waals surface area contributed by atoms with Gasteiger partial charge in [-0.05, 0) is 30.4 Å². The summed E-state index contributed by atoms with van der Waals surface area (Å²) in [6.07, 6.45) is 0. The monoisotopic (exact) mass is 375 g/mol. The molecule has 0 fully saturated rings. The predicted molar refractivity (Wildman–Crippen MR) is 98.0 cm³/mol. The molecule has 25 heavy (non-hydrogen) atoms. The normalized spacial score (nSPS) is 10.4. The van der Waals surface area contributed by atoms with E-state index < -0.39 is 10.8 Å². The van der Waals surface area contributed by atoms with Crippen molar-refractivity contribution in [2.45, 2.75) is 0 Å². The first-order valence-electron chi connectivity index (χ1n) is 6.99. The molecule has 0 aliphatic rings. The van der Waals surface area contributed by atoms with Crippen LogP contribution in [0.25, 0.3) is 11.0 Å². The third-order valence-electron chi connectivity index (χ3n) is 3.29. The number of halogens is 1. The number of fused-ring (bicyclic) bond motifs is 1. The first-order valence-corrected chi connectivity index (χ1v) is 7.77. The summed E-state index contributed by atoms with van der Waals surface area (Å²) in [6.45, 7) is 0. The minimum atomic E-state index is -0.558. The molecular weight excluding hydrogens is 366 g/mol. The number of hydrogen-bond donors (Lipinski definition) is 2. The van der Waals surface area contributed by atoms with Gasteiger partial charge in [0.15, 0.2) is 10.9 Å². The van der Waals surface area contributed by atoms with Gasteiger partial charge in [0.05, 0.1) is 15.6 Å². The highest BCUT2D eigenvalue weighted by molar-refractivity contribution is 7.80. The number of rotatable bonds is 3. The lowest BCUT2D eigenvalue weighted by Crippen LogP contribution is -2.34. The maximum Gasteiger partial charge on any atom is 0.293 e. The van der Waals surface area contributed by atoms with Crippen molar-refractivity contribution in [3.05, 3.63) is 69.4 Å². The summed E-state index contributed by atoms with van der Waals surface area (Å²) in [7, 11) is 0. The van der Waals surface area contributed by atoms with Crippen molar-refractivity contribution in [3.63, 3.8) is 0 Å². The highest BCUT2D eigenvalue weighted by atomic mass is 35.5. The van der Waals surface area contributed by atoms with Crippen molar-refractivity contribution in [1.82, 2.24) is 5.32 Å². The number of nitrogens with one attached hydrogen (secondary N) is 2. The van der Waals surface area contributed by atoms with Gasteiger partial charge in [0.1, 0.15) is 5.58 Å². The molecule has 2 N–H and O–H groups in total. The van der Waals surface area contributed by atoms with E-state index in [1.54, 1.807) is 18.2 Å². The van der Waals surface area contributed by atoms with Gasteiger partial charge in [-0.2, -0.15) is 0 Å². The van der Waals surface area contributed by atoms with Crippen molar-refractivity contribution in [2.75, 3.05) is 5.32 Å². The summed E-state index contributed by atoms with van der Waals surface area (Å²) in [5.74, 6) is -0.453. The summed E-state index contributed by atoms with van der Waals surface area (Å²) >= 11 is 11.0. The fourth-order valence-electron chi connectivity index (χ4n) is 2.13. The number of amides is 1. The molecule has 3 aromatic rings. The number of para-hydroxylation sites is 1. The van der Waals surface area contributed by atoms with Gasteiger partial charge in [-0.25, -0.2) is 0 Å². The highest BCUT2D eigenvalue weighted by Crippen LogP contribution is 2.26. The molecule has 0 unspecified atom stereocenters. The Balaban J connectivity index is 1.73. The van der Waals surface area contributed by atoms with Crippen LogP contribution in [0, 0.1) is 10.1 Å². The van der Waals surface area contributed by atoms with Crippen LogP contribution >= 0.6 is 23.8 Å². The van der Waals surface area contributed by atoms with Crippen LogP contribution in [-0.4, -0.2) is 15.9 Å². The Morgan fingerprint density at radius 1 is 1.20 bits per heavy atom. The standard InChI is InChI=1S/C16H10ClN3O4S/c17-11-6-5-10(20(22)23)8-12(11)18-16(25)19-15(21)14-7-9-3-1-2-4-13(9)24-14/h1-8H,(H2,18,19,21,25). The lowest BCUT2D eigenvalue weighted by atomic mass is 10.2. The van der Waals surface area contributed by atoms with E-state index in [2.05, 4.69) is 10.6 Å². The molecule has 0 radical (unpaired) electrons. The second-order valence-electron chi connectivity index (χ2n) is 4.98. The van der Waals surface area contributed by atoms with Crippen LogP contribution in [0.1, 0.15) is 10.6 Å². The maximum absolute atomic E-state index is 12.2. The summed E-state index contributed by atoms with van der Waals surface area (Å²) < 4.78 is 5.44. The topological polar surface area (TPSA) is 97.4 Å². The minimum Gasteiger partial charge on any atom is -0.451 e. The number of nitrogens with zero attached hydrogens (tertiary/aromatic N) is 1. The average Bonchev–Trinajstić information content (AvgIpc) is 3.01. The Labute approximate surface area is 151 Å². The maximum atomic E-state index is 12.2. The second kappa shape index (κ2) is 6.88. The third kappa shape index (κ3) is 3.76. The average molecular weight is 376 g/mol. The van der Waals surface area contributed by atoms with Crippen molar-refractivity contribution < 1.29 is 14.1 Å². The lowest BCUT2D eigenvalue weighted by molar-refractivity contribution is -0.384. The van der Waals surface area contributed by atoms with Crippen LogP contribution in [0.2, 0.25) is 5.02 Å². The van der Waals surface area contributed by atoms with E-state index in [1.807, 2.05) is 12.1 Å². The van der Waals surface area contributed by atoms with E-state index in [9.17, 15) is 14.9 Å². The summed E-state index contributed by atoms with van der Waals surface area (Å²) in [6, 6.07) is 12.6. The number of nitro groups is 1. The number of furan rings is 1. The molecule has 0 bridgehead atoms. The molecule has 3 rings (SSSR count). The van der Waals surface area contributed by atoms with Crippen molar-refractivity contribution in [3.8, 4) is 0 Å². The molecule has 2 aromatic carbocycles. The number of carbonyl (C=O) groups excluding carboxylic acids is 1. The van der Waals surface area contributed by atoms with Gasteiger partial charge in [0, 0.05) is 17.5 Å². The molecule has 0 saturated heterocycles. The Morgan fingerprint density at radius 3 is 2.68 bits per heavy atom. The van der Waals surface area contributed by atoms with Crippen LogP contribution in [0.4, 0.5) is 11.4 Å². The summed E-state index contributed by atoms with van der Waals surface area (Å²) in [5.41, 5.74) is 0.636. The first kappa shape index (κ1) is 16.9. The fourth-order valence-corrected chi connectivity index (χ4v) is 2.50. The quantitative estimate of drug-likeness (QED) is 0.406. The van der Waals surface area contributed by atoms with Gasteiger partial charge >= 0.3 is 0 Å². The van der Waals surface area contributed by atoms with Gasteiger partial charge in [-0.3, -0.25) is 20.2 Å². The van der Waals surface area contributed by atoms with E-state index in [4.69, 9.17) is 28.2 Å². The minimum absolute atomic E-state index is 0.0622. The molecule has 126 valence electrons. The lowest BCUT2D eigenvalue weighted by Gasteiger charge is -2.09. The molecule has 1 aromatic heterocycles. The Kier molecular flexibility index (Phi) is 4.64. The molecule has 0 saturated carbocycles. The Morgan fingerprint density at radius 2 is 1.96 bits per heavy atom. The SMILES string of the molecule is O=C(NC(=S)Nc1cc([N+](=O)[O-])ccc1Cl)c1cc2ccccc2o1. The second-order valence-corrected chi connectivity index (χ2v) is 5.79. The van der Waals surface area contributed by atoms with Gasteiger partial charge in [-0.1, -0.05) is 29.8 Å². The molecule has 0 aliphatic heterocycles. The number of anilines is 1. The first-order chi connectivity index (χ1) is 11.9. The van der Waals surface area contributed by atoms with Crippen molar-refractivity contribution in [2.24, 2.45) is 0 Å². The number of nitro benzene ring substituents is 1. The van der Waals surface area contributed by atoms with Crippen molar-refractivity contribution >= 4 is 57.2 Å². The molecule has 0 aliphatic carbocycles. The number of non-ortho nitro benzene ring substituents is 1. The number of hydrogen-bond acceptors (Lipinski definition) is 5. The fraction of sp³-hybridized carbons (Fsp3) is 0. The molecule has 0 spiro atoms. The largest absolute Gasteiger partial charge is 0.451 e. The zero-order valence-electron chi connectivity index (χ0n) is 12.5. The Hall–Kier alpha value is -2.97. The Bertz CT molecular complexity index is 969. The molecule has 9 heteroatoms. The number of thiocarbonyl (C=S) groups is 1. The van der Waals surface area contributed by atoms with E-state index in [1.165, 1.54) is 18.2 Å². The molecule has 7 nitrogen and oxygen atoms in total. The van der Waals surface area contributed by atoms with Crippen molar-refractivity contribution in [1.29, 1.82) is 0 Å². The molecule has 0 atom stereocenters.